The maximum absolute atomic E-state index is 5.82. The van der Waals surface area contributed by atoms with Crippen molar-refractivity contribution in [2.45, 2.75) is 12.5 Å². The Morgan fingerprint density at radius 2 is 2.21 bits per heavy atom. The molecule has 3 N–H and O–H groups in total. The van der Waals surface area contributed by atoms with Crippen LogP contribution in [0, 0.1) is 0 Å². The van der Waals surface area contributed by atoms with Crippen molar-refractivity contribution in [2.24, 2.45) is 0 Å². The highest BCUT2D eigenvalue weighted by atomic mass is 35.5. The number of nitrogens with zero attached hydrogens (tertiary/aromatic N) is 2. The minimum Gasteiger partial charge on any atom is -0.488 e. The Morgan fingerprint density at radius 1 is 1.37 bits per heavy atom. The second-order valence-electron chi connectivity index (χ2n) is 4.37. The molecule has 6 heteroatoms. The number of nitrogens with one attached hydrogen (secondary N) is 1. The molecule has 0 radical (unpaired) electrons. The summed E-state index contributed by atoms with van der Waals surface area (Å²) in [5, 5.41) is 3.49. The molecule has 0 bridgehead atoms. The van der Waals surface area contributed by atoms with Crippen molar-refractivity contribution < 1.29 is 4.74 Å². The molecule has 0 aliphatic carbocycles. The number of nitrogen functional groups attached to an aromatic ring is 1. The van der Waals surface area contributed by atoms with Gasteiger partial charge >= 0.3 is 0 Å². The van der Waals surface area contributed by atoms with Gasteiger partial charge in [0.2, 0.25) is 5.95 Å². The number of anilines is 2. The van der Waals surface area contributed by atoms with Gasteiger partial charge in [0.15, 0.2) is 0 Å². The van der Waals surface area contributed by atoms with Gasteiger partial charge in [-0.25, -0.2) is 4.98 Å². The molecular formula is C13H13ClN4O. The Labute approximate surface area is 115 Å². The van der Waals surface area contributed by atoms with Crippen LogP contribution < -0.4 is 15.8 Å². The predicted octanol–water partition coefficient (Wildman–Crippen LogP) is 2.13. The lowest BCUT2D eigenvalue weighted by Crippen LogP contribution is -2.24. The number of hydrogen-bond donors (Lipinski definition) is 2. The summed E-state index contributed by atoms with van der Waals surface area (Å²) in [6.07, 6.45) is 0.977. The molecule has 3 rings (SSSR count). The summed E-state index contributed by atoms with van der Waals surface area (Å²) in [5.74, 6) is 1.72. The monoisotopic (exact) mass is 276 g/mol. The average Bonchev–Trinajstić information content (AvgIpc) is 2.78. The Balaban J connectivity index is 1.62. The lowest BCUT2D eigenvalue weighted by molar-refractivity contribution is 0.246. The van der Waals surface area contributed by atoms with Gasteiger partial charge in [0.25, 0.3) is 0 Å². The zero-order valence-corrected chi connectivity index (χ0v) is 10.9. The first-order chi connectivity index (χ1) is 9.20. The number of aromatic nitrogens is 2. The fraction of sp³-hybridized carbons (Fsp3) is 0.231. The van der Waals surface area contributed by atoms with Crippen molar-refractivity contribution in [1.82, 2.24) is 9.97 Å². The zero-order valence-electron chi connectivity index (χ0n) is 10.1. The topological polar surface area (TPSA) is 73.1 Å². The highest BCUT2D eigenvalue weighted by Gasteiger charge is 2.22. The van der Waals surface area contributed by atoms with Gasteiger partial charge in [0.1, 0.15) is 22.8 Å². The van der Waals surface area contributed by atoms with Crippen LogP contribution in [0.25, 0.3) is 0 Å². The summed E-state index contributed by atoms with van der Waals surface area (Å²) in [5.41, 5.74) is 6.77. The molecule has 0 saturated heterocycles. The van der Waals surface area contributed by atoms with Crippen LogP contribution in [0.3, 0.4) is 0 Å². The van der Waals surface area contributed by atoms with Crippen LogP contribution in [0.15, 0.2) is 30.3 Å². The molecule has 98 valence electrons. The van der Waals surface area contributed by atoms with Crippen molar-refractivity contribution >= 4 is 23.4 Å². The number of ether oxygens (including phenoxy) is 1. The highest BCUT2D eigenvalue weighted by molar-refractivity contribution is 6.29. The Kier molecular flexibility index (Phi) is 3.13. The highest BCUT2D eigenvalue weighted by Crippen LogP contribution is 2.28. The second kappa shape index (κ2) is 4.93. The first-order valence-corrected chi connectivity index (χ1v) is 6.37. The van der Waals surface area contributed by atoms with Gasteiger partial charge in [-0.3, -0.25) is 0 Å². The predicted molar refractivity (Wildman–Crippen MR) is 74.5 cm³/mol. The van der Waals surface area contributed by atoms with Gasteiger partial charge < -0.3 is 15.8 Å². The first-order valence-electron chi connectivity index (χ1n) is 5.99. The molecule has 0 fully saturated rings. The minimum absolute atomic E-state index is 0.0902. The smallest absolute Gasteiger partial charge is 0.223 e. The molecule has 19 heavy (non-hydrogen) atoms. The van der Waals surface area contributed by atoms with Crippen molar-refractivity contribution in [3.8, 4) is 5.75 Å². The minimum atomic E-state index is 0.0902. The lowest BCUT2D eigenvalue weighted by atomic mass is 10.1. The van der Waals surface area contributed by atoms with Gasteiger partial charge in [0.05, 0.1) is 6.54 Å². The Morgan fingerprint density at radius 3 is 3.00 bits per heavy atom. The fourth-order valence-corrected chi connectivity index (χ4v) is 2.30. The summed E-state index contributed by atoms with van der Waals surface area (Å²) in [4.78, 5) is 7.87. The quantitative estimate of drug-likeness (QED) is 0.840. The molecule has 1 aliphatic heterocycles. The largest absolute Gasteiger partial charge is 0.488 e. The van der Waals surface area contributed by atoms with Crippen molar-refractivity contribution in [3.63, 3.8) is 0 Å². The van der Waals surface area contributed by atoms with E-state index in [1.54, 1.807) is 6.07 Å². The average molecular weight is 277 g/mol. The van der Waals surface area contributed by atoms with E-state index in [-0.39, 0.29) is 12.1 Å². The zero-order chi connectivity index (χ0) is 13.2. The number of para-hydroxylation sites is 1. The third kappa shape index (κ3) is 2.71. The van der Waals surface area contributed by atoms with Gasteiger partial charge in [-0.05, 0) is 11.6 Å². The number of fused-ring (bicyclic) bond motifs is 1. The number of hydrogen-bond acceptors (Lipinski definition) is 5. The van der Waals surface area contributed by atoms with E-state index in [4.69, 9.17) is 22.1 Å². The molecule has 1 aromatic heterocycles. The molecule has 0 amide bonds. The standard InChI is InChI=1S/C13H13ClN4O/c14-11-6-12(18-13(15)17-11)16-7-9-5-8-3-1-2-4-10(8)19-9/h1-4,6,9H,5,7H2,(H3,15,16,17,18)/t9-/m1/s1. The fourth-order valence-electron chi connectivity index (χ4n) is 2.11. The van der Waals surface area contributed by atoms with Gasteiger partial charge in [-0.15, -0.1) is 0 Å². The van der Waals surface area contributed by atoms with Crippen LogP contribution in [0.5, 0.6) is 5.75 Å². The summed E-state index contributed by atoms with van der Waals surface area (Å²) in [7, 11) is 0. The van der Waals surface area contributed by atoms with Crippen LogP contribution in [0.1, 0.15) is 5.56 Å². The number of nitrogens with two attached hydrogens (primary N) is 1. The molecule has 2 heterocycles. The maximum Gasteiger partial charge on any atom is 0.223 e. The van der Waals surface area contributed by atoms with Gasteiger partial charge in [-0.2, -0.15) is 4.98 Å². The van der Waals surface area contributed by atoms with E-state index in [0.717, 1.165) is 12.2 Å². The second-order valence-corrected chi connectivity index (χ2v) is 4.75. The lowest BCUT2D eigenvalue weighted by Gasteiger charge is -2.12. The number of halogens is 1. The van der Waals surface area contributed by atoms with E-state index < -0.39 is 0 Å². The SMILES string of the molecule is Nc1nc(Cl)cc(NC[C@H]2Cc3ccccc3O2)n1. The van der Waals surface area contributed by atoms with Gasteiger partial charge in [0, 0.05) is 12.5 Å². The van der Waals surface area contributed by atoms with Crippen LogP contribution in [-0.2, 0) is 6.42 Å². The van der Waals surface area contributed by atoms with E-state index in [1.165, 1.54) is 5.56 Å². The Hall–Kier alpha value is -2.01. The normalized spacial score (nSPS) is 16.8. The number of benzene rings is 1. The maximum atomic E-state index is 5.82. The van der Waals surface area contributed by atoms with E-state index in [9.17, 15) is 0 Å². The molecule has 0 saturated carbocycles. The third-order valence-electron chi connectivity index (χ3n) is 2.94. The third-order valence-corrected chi connectivity index (χ3v) is 3.13. The molecule has 2 aromatic rings. The van der Waals surface area contributed by atoms with E-state index in [0.29, 0.717) is 17.5 Å². The van der Waals surface area contributed by atoms with Crippen LogP contribution in [0.2, 0.25) is 5.15 Å². The molecule has 0 spiro atoms. The van der Waals surface area contributed by atoms with Crippen LogP contribution in [0.4, 0.5) is 11.8 Å². The Bertz CT molecular complexity index is 560. The van der Waals surface area contributed by atoms with Crippen molar-refractivity contribution in [1.29, 1.82) is 0 Å². The number of rotatable bonds is 3. The molecular weight excluding hydrogens is 264 g/mol. The molecule has 1 aliphatic rings. The summed E-state index contributed by atoms with van der Waals surface area (Å²) in [6, 6.07) is 9.69. The van der Waals surface area contributed by atoms with E-state index in [1.807, 2.05) is 18.2 Å². The van der Waals surface area contributed by atoms with Gasteiger partial charge in [-0.1, -0.05) is 29.8 Å². The summed E-state index contributed by atoms with van der Waals surface area (Å²) >= 11 is 5.82. The van der Waals surface area contributed by atoms with Crippen LogP contribution in [-0.4, -0.2) is 22.6 Å². The molecule has 1 atom stereocenters. The van der Waals surface area contributed by atoms with E-state index >= 15 is 0 Å². The molecule has 0 unspecified atom stereocenters. The molecule has 5 nitrogen and oxygen atoms in total. The summed E-state index contributed by atoms with van der Waals surface area (Å²) < 4.78 is 5.82. The van der Waals surface area contributed by atoms with Crippen LogP contribution >= 0.6 is 11.6 Å². The van der Waals surface area contributed by atoms with Crippen molar-refractivity contribution in [2.75, 3.05) is 17.6 Å². The van der Waals surface area contributed by atoms with E-state index in [2.05, 4.69) is 21.4 Å². The first kappa shape index (κ1) is 12.0. The summed E-state index contributed by atoms with van der Waals surface area (Å²) in [6.45, 7) is 0.640. The molecule has 1 aromatic carbocycles. The van der Waals surface area contributed by atoms with Crippen molar-refractivity contribution in [3.05, 3.63) is 41.0 Å².